The van der Waals surface area contributed by atoms with Crippen LogP contribution in [-0.4, -0.2) is 30.4 Å². The first-order chi connectivity index (χ1) is 7.49. The summed E-state index contributed by atoms with van der Waals surface area (Å²) in [6, 6.07) is 0. The lowest BCUT2D eigenvalue weighted by Gasteiger charge is -2.36. The zero-order chi connectivity index (χ0) is 12.2. The van der Waals surface area contributed by atoms with Gasteiger partial charge >= 0.3 is 0 Å². The maximum absolute atomic E-state index is 11.6. The topological polar surface area (TPSA) is 58.4 Å². The molecule has 3 N–H and O–H groups in total. The van der Waals surface area contributed by atoms with Gasteiger partial charge in [-0.2, -0.15) is 0 Å². The Balaban J connectivity index is 2.41. The maximum atomic E-state index is 11.6. The van der Waals surface area contributed by atoms with Crippen molar-refractivity contribution in [1.82, 2.24) is 10.3 Å². The van der Waals surface area contributed by atoms with E-state index < -0.39 is 5.41 Å². The molecule has 0 atom stereocenters. The van der Waals surface area contributed by atoms with Crippen molar-refractivity contribution in [1.29, 1.82) is 0 Å². The fourth-order valence-electron chi connectivity index (χ4n) is 2.38. The molecule has 0 bridgehead atoms. The lowest BCUT2D eigenvalue weighted by atomic mass is 9.89. The fourth-order valence-corrected chi connectivity index (χ4v) is 2.38. The van der Waals surface area contributed by atoms with Crippen LogP contribution in [0.3, 0.4) is 0 Å². The third kappa shape index (κ3) is 3.46. The van der Waals surface area contributed by atoms with Crippen LogP contribution in [0.25, 0.3) is 0 Å². The highest BCUT2D eigenvalue weighted by Crippen LogP contribution is 2.24. The van der Waals surface area contributed by atoms with Crippen LogP contribution in [0.15, 0.2) is 0 Å². The fraction of sp³-hybridized carbons (Fsp3) is 0.917. The molecule has 4 heteroatoms. The molecule has 1 fully saturated rings. The standard InChI is InChI=1S/C12H25N3O/c1-4-10-5-7-15(8-6-10)9-12(2,3)11(16)14-13/h10H,4-9,13H2,1-3H3,(H,14,16). The van der Waals surface area contributed by atoms with E-state index in [1.54, 1.807) is 0 Å². The molecule has 0 aliphatic carbocycles. The molecule has 94 valence electrons. The Labute approximate surface area is 98.5 Å². The highest BCUT2D eigenvalue weighted by atomic mass is 16.2. The summed E-state index contributed by atoms with van der Waals surface area (Å²) in [4.78, 5) is 13.9. The normalized spacial score (nSPS) is 19.8. The molecule has 0 aromatic carbocycles. The number of nitrogens with zero attached hydrogens (tertiary/aromatic N) is 1. The second kappa shape index (κ2) is 5.64. The van der Waals surface area contributed by atoms with Crippen LogP contribution >= 0.6 is 0 Å². The van der Waals surface area contributed by atoms with E-state index in [0.717, 1.165) is 25.6 Å². The third-order valence-corrected chi connectivity index (χ3v) is 3.65. The average Bonchev–Trinajstić information content (AvgIpc) is 2.28. The van der Waals surface area contributed by atoms with E-state index in [-0.39, 0.29) is 5.91 Å². The summed E-state index contributed by atoms with van der Waals surface area (Å²) in [5.41, 5.74) is 1.85. The van der Waals surface area contributed by atoms with E-state index in [9.17, 15) is 4.79 Å². The summed E-state index contributed by atoms with van der Waals surface area (Å²) in [6.07, 6.45) is 3.80. The van der Waals surface area contributed by atoms with Gasteiger partial charge in [0.15, 0.2) is 0 Å². The van der Waals surface area contributed by atoms with Crippen LogP contribution in [0, 0.1) is 11.3 Å². The molecular weight excluding hydrogens is 202 g/mol. The van der Waals surface area contributed by atoms with Crippen LogP contribution in [0.5, 0.6) is 0 Å². The predicted molar refractivity (Wildman–Crippen MR) is 65.6 cm³/mol. The Bertz CT molecular complexity index is 232. The second-order valence-electron chi connectivity index (χ2n) is 5.49. The van der Waals surface area contributed by atoms with E-state index in [0.29, 0.717) is 0 Å². The third-order valence-electron chi connectivity index (χ3n) is 3.65. The molecule has 0 radical (unpaired) electrons. The van der Waals surface area contributed by atoms with Gasteiger partial charge in [-0.3, -0.25) is 10.2 Å². The maximum Gasteiger partial charge on any atom is 0.240 e. The first-order valence-corrected chi connectivity index (χ1v) is 6.23. The minimum atomic E-state index is -0.395. The van der Waals surface area contributed by atoms with E-state index in [1.807, 2.05) is 13.8 Å². The van der Waals surface area contributed by atoms with Gasteiger partial charge in [-0.15, -0.1) is 0 Å². The molecule has 4 nitrogen and oxygen atoms in total. The largest absolute Gasteiger partial charge is 0.302 e. The SMILES string of the molecule is CCC1CCN(CC(C)(C)C(=O)NN)CC1. The smallest absolute Gasteiger partial charge is 0.240 e. The van der Waals surface area contributed by atoms with Crippen LogP contribution in [0.2, 0.25) is 0 Å². The average molecular weight is 227 g/mol. The monoisotopic (exact) mass is 227 g/mol. The Morgan fingerprint density at radius 2 is 2.00 bits per heavy atom. The lowest BCUT2D eigenvalue weighted by Crippen LogP contribution is -2.48. The van der Waals surface area contributed by atoms with Gasteiger partial charge in [0.1, 0.15) is 0 Å². The van der Waals surface area contributed by atoms with Crippen molar-refractivity contribution in [2.24, 2.45) is 17.2 Å². The van der Waals surface area contributed by atoms with E-state index in [2.05, 4.69) is 17.2 Å². The molecule has 1 aliphatic rings. The Hall–Kier alpha value is -0.610. The molecule has 0 saturated carbocycles. The van der Waals surface area contributed by atoms with E-state index in [4.69, 9.17) is 5.84 Å². The molecule has 0 unspecified atom stereocenters. The quantitative estimate of drug-likeness (QED) is 0.430. The zero-order valence-electron chi connectivity index (χ0n) is 10.8. The minimum Gasteiger partial charge on any atom is -0.302 e. The van der Waals surface area contributed by atoms with Gasteiger partial charge < -0.3 is 4.90 Å². The van der Waals surface area contributed by atoms with Gasteiger partial charge in [-0.05, 0) is 45.7 Å². The number of hydrazine groups is 1. The molecule has 1 heterocycles. The van der Waals surface area contributed by atoms with Gasteiger partial charge in [0, 0.05) is 6.54 Å². The number of rotatable bonds is 4. The van der Waals surface area contributed by atoms with Gasteiger partial charge in [0.05, 0.1) is 5.41 Å². The number of carbonyl (C=O) groups is 1. The number of nitrogens with one attached hydrogen (secondary N) is 1. The molecule has 0 aromatic heterocycles. The first-order valence-electron chi connectivity index (χ1n) is 6.23. The van der Waals surface area contributed by atoms with E-state index >= 15 is 0 Å². The van der Waals surface area contributed by atoms with Gasteiger partial charge in [-0.25, -0.2) is 5.84 Å². The zero-order valence-corrected chi connectivity index (χ0v) is 10.8. The van der Waals surface area contributed by atoms with Crippen LogP contribution in [-0.2, 0) is 4.79 Å². The van der Waals surface area contributed by atoms with Crippen molar-refractivity contribution >= 4 is 5.91 Å². The van der Waals surface area contributed by atoms with Crippen molar-refractivity contribution in [3.8, 4) is 0 Å². The molecule has 1 amide bonds. The summed E-state index contributed by atoms with van der Waals surface area (Å²) in [6.45, 7) is 9.17. The number of amides is 1. The van der Waals surface area contributed by atoms with Crippen molar-refractivity contribution in [2.75, 3.05) is 19.6 Å². The number of nitrogens with two attached hydrogens (primary N) is 1. The summed E-state index contributed by atoms with van der Waals surface area (Å²) >= 11 is 0. The molecule has 1 saturated heterocycles. The molecular formula is C12H25N3O. The number of hydrogen-bond acceptors (Lipinski definition) is 3. The summed E-state index contributed by atoms with van der Waals surface area (Å²) in [7, 11) is 0. The van der Waals surface area contributed by atoms with E-state index in [1.165, 1.54) is 19.3 Å². The van der Waals surface area contributed by atoms with Crippen molar-refractivity contribution in [2.45, 2.75) is 40.0 Å². The summed E-state index contributed by atoms with van der Waals surface area (Å²) in [5.74, 6) is 5.99. The van der Waals surface area contributed by atoms with Gasteiger partial charge in [0.25, 0.3) is 0 Å². The Morgan fingerprint density at radius 1 is 1.44 bits per heavy atom. The number of hydrogen-bond donors (Lipinski definition) is 2. The molecule has 1 aliphatic heterocycles. The van der Waals surface area contributed by atoms with Crippen LogP contribution < -0.4 is 11.3 Å². The molecule has 16 heavy (non-hydrogen) atoms. The highest BCUT2D eigenvalue weighted by molar-refractivity contribution is 5.81. The molecule has 1 rings (SSSR count). The Morgan fingerprint density at radius 3 is 2.44 bits per heavy atom. The number of carbonyl (C=O) groups excluding carboxylic acids is 1. The number of likely N-dealkylation sites (tertiary alicyclic amines) is 1. The predicted octanol–water partition coefficient (Wildman–Crippen LogP) is 1.12. The van der Waals surface area contributed by atoms with Crippen LogP contribution in [0.1, 0.15) is 40.0 Å². The van der Waals surface area contributed by atoms with Gasteiger partial charge in [-0.1, -0.05) is 13.3 Å². The Kier molecular flexibility index (Phi) is 4.74. The van der Waals surface area contributed by atoms with Crippen molar-refractivity contribution < 1.29 is 4.79 Å². The van der Waals surface area contributed by atoms with Crippen molar-refractivity contribution in [3.05, 3.63) is 0 Å². The van der Waals surface area contributed by atoms with Crippen LogP contribution in [0.4, 0.5) is 0 Å². The van der Waals surface area contributed by atoms with Gasteiger partial charge in [0.2, 0.25) is 5.91 Å². The number of piperidine rings is 1. The summed E-state index contributed by atoms with van der Waals surface area (Å²) in [5, 5.41) is 0. The highest BCUT2D eigenvalue weighted by Gasteiger charge is 2.30. The molecule has 0 aromatic rings. The first kappa shape index (κ1) is 13.5. The molecule has 0 spiro atoms. The summed E-state index contributed by atoms with van der Waals surface area (Å²) < 4.78 is 0. The lowest BCUT2D eigenvalue weighted by molar-refractivity contribution is -0.130. The minimum absolute atomic E-state index is 0.0786. The van der Waals surface area contributed by atoms with Crippen molar-refractivity contribution in [3.63, 3.8) is 0 Å². The second-order valence-corrected chi connectivity index (χ2v) is 5.49.